The molecule has 0 bridgehead atoms. The monoisotopic (exact) mass is 412 g/mol. The summed E-state index contributed by atoms with van der Waals surface area (Å²) in [6.45, 7) is 2.41. The topological polar surface area (TPSA) is 32.3 Å². The Kier molecular flexibility index (Phi) is 7.51. The minimum atomic E-state index is -0.201. The van der Waals surface area contributed by atoms with E-state index >= 15 is 0 Å². The average Bonchev–Trinajstić information content (AvgIpc) is 2.84. The van der Waals surface area contributed by atoms with Gasteiger partial charge in [-0.05, 0) is 48.3 Å². The maximum absolute atomic E-state index is 13.5. The Balaban J connectivity index is 1.36. The van der Waals surface area contributed by atoms with E-state index in [0.29, 0.717) is 12.5 Å². The van der Waals surface area contributed by atoms with Crippen LogP contribution in [0.3, 0.4) is 0 Å². The van der Waals surface area contributed by atoms with Crippen LogP contribution in [0.2, 0.25) is 0 Å². The van der Waals surface area contributed by atoms with Crippen molar-refractivity contribution >= 4 is 5.91 Å². The van der Waals surface area contributed by atoms with Crippen LogP contribution in [0.15, 0.2) is 91.0 Å². The lowest BCUT2D eigenvalue weighted by molar-refractivity contribution is -0.134. The molecular weight excluding hydrogens is 380 g/mol. The Morgan fingerprint density at radius 3 is 1.87 bits per heavy atom. The minimum Gasteiger partial charge on any atom is -0.341 e. The van der Waals surface area contributed by atoms with Gasteiger partial charge in [-0.25, -0.2) is 0 Å². The second-order valence-corrected chi connectivity index (χ2v) is 8.57. The number of amides is 1. The number of carbonyl (C=O) groups is 1. The fourth-order valence-electron chi connectivity index (χ4n) is 4.46. The van der Waals surface area contributed by atoms with Gasteiger partial charge in [0.25, 0.3) is 0 Å². The number of nitrogens with one attached hydrogen (secondary N) is 1. The molecule has 1 atom stereocenters. The minimum absolute atomic E-state index is 0.201. The molecule has 1 saturated heterocycles. The number of piperidine rings is 1. The molecule has 160 valence electrons. The summed E-state index contributed by atoms with van der Waals surface area (Å²) >= 11 is 0. The number of hydrogen-bond acceptors (Lipinski definition) is 2. The molecule has 0 spiro atoms. The molecule has 31 heavy (non-hydrogen) atoms. The van der Waals surface area contributed by atoms with Gasteiger partial charge in [-0.15, -0.1) is 0 Å². The van der Waals surface area contributed by atoms with E-state index in [1.54, 1.807) is 0 Å². The van der Waals surface area contributed by atoms with Crippen molar-refractivity contribution in [1.82, 2.24) is 10.2 Å². The molecule has 3 nitrogen and oxygen atoms in total. The fourth-order valence-corrected chi connectivity index (χ4v) is 4.46. The highest BCUT2D eigenvalue weighted by Gasteiger charge is 2.28. The molecular formula is C28H32N2O. The summed E-state index contributed by atoms with van der Waals surface area (Å²) in [7, 11) is 0. The first-order valence-electron chi connectivity index (χ1n) is 11.4. The van der Waals surface area contributed by atoms with Gasteiger partial charge in [0, 0.05) is 19.6 Å². The van der Waals surface area contributed by atoms with Gasteiger partial charge in [0.2, 0.25) is 5.91 Å². The Morgan fingerprint density at radius 1 is 0.774 bits per heavy atom. The molecule has 0 saturated carbocycles. The third kappa shape index (κ3) is 6.28. The maximum atomic E-state index is 13.5. The van der Waals surface area contributed by atoms with Crippen LogP contribution >= 0.6 is 0 Å². The zero-order chi connectivity index (χ0) is 21.3. The summed E-state index contributed by atoms with van der Waals surface area (Å²) in [6.07, 6.45) is 3.99. The molecule has 1 heterocycles. The van der Waals surface area contributed by atoms with Crippen LogP contribution in [-0.2, 0) is 24.2 Å². The smallest absolute Gasteiger partial charge is 0.240 e. The third-order valence-corrected chi connectivity index (χ3v) is 6.27. The molecule has 3 aromatic rings. The quantitative estimate of drug-likeness (QED) is 0.573. The average molecular weight is 413 g/mol. The van der Waals surface area contributed by atoms with Crippen molar-refractivity contribution in [2.24, 2.45) is 5.92 Å². The van der Waals surface area contributed by atoms with Crippen LogP contribution in [0, 0.1) is 5.92 Å². The molecule has 0 aliphatic carbocycles. The number of rotatable bonds is 8. The lowest BCUT2D eigenvalue weighted by Crippen LogP contribution is -2.50. The molecule has 4 rings (SSSR count). The van der Waals surface area contributed by atoms with Gasteiger partial charge in [0.15, 0.2) is 0 Å². The normalized spacial score (nSPS) is 15.5. The molecule has 1 fully saturated rings. The molecule has 1 N–H and O–H groups in total. The second-order valence-electron chi connectivity index (χ2n) is 8.57. The first-order chi connectivity index (χ1) is 15.3. The van der Waals surface area contributed by atoms with Gasteiger partial charge in [0.1, 0.15) is 0 Å². The summed E-state index contributed by atoms with van der Waals surface area (Å²) in [5, 5.41) is 3.54. The number of likely N-dealkylation sites (tertiary alicyclic amines) is 1. The predicted octanol–water partition coefficient (Wildman–Crippen LogP) is 4.87. The van der Waals surface area contributed by atoms with E-state index in [2.05, 4.69) is 64.8 Å². The van der Waals surface area contributed by atoms with Gasteiger partial charge in [-0.3, -0.25) is 4.79 Å². The van der Waals surface area contributed by atoms with E-state index in [4.69, 9.17) is 0 Å². The van der Waals surface area contributed by atoms with Crippen LogP contribution in [0.4, 0.5) is 0 Å². The summed E-state index contributed by atoms with van der Waals surface area (Å²) in [6, 6.07) is 31.2. The lowest BCUT2D eigenvalue weighted by atomic mass is 9.90. The van der Waals surface area contributed by atoms with Crippen molar-refractivity contribution in [3.05, 3.63) is 108 Å². The Labute approximate surface area is 186 Å². The summed E-state index contributed by atoms with van der Waals surface area (Å²) in [4.78, 5) is 15.5. The molecule has 3 aromatic carbocycles. The van der Waals surface area contributed by atoms with E-state index < -0.39 is 0 Å². The van der Waals surface area contributed by atoms with Crippen molar-refractivity contribution in [2.75, 3.05) is 13.1 Å². The van der Waals surface area contributed by atoms with Crippen LogP contribution in [0.25, 0.3) is 0 Å². The SMILES string of the molecule is O=C(C(Cc1ccccc1)NCc1ccccc1)N1CCC(Cc2ccccc2)CC1. The zero-order valence-corrected chi connectivity index (χ0v) is 18.1. The van der Waals surface area contributed by atoms with E-state index in [0.717, 1.165) is 38.8 Å². The van der Waals surface area contributed by atoms with Crippen molar-refractivity contribution in [1.29, 1.82) is 0 Å². The largest absolute Gasteiger partial charge is 0.341 e. The molecule has 1 amide bonds. The van der Waals surface area contributed by atoms with Crippen LogP contribution in [-0.4, -0.2) is 29.9 Å². The number of carbonyl (C=O) groups excluding carboxylic acids is 1. The molecule has 0 radical (unpaired) electrons. The Bertz CT molecular complexity index is 919. The Morgan fingerprint density at radius 2 is 1.29 bits per heavy atom. The third-order valence-electron chi connectivity index (χ3n) is 6.27. The highest BCUT2D eigenvalue weighted by Crippen LogP contribution is 2.22. The van der Waals surface area contributed by atoms with Gasteiger partial charge in [-0.2, -0.15) is 0 Å². The molecule has 3 heteroatoms. The maximum Gasteiger partial charge on any atom is 0.240 e. The number of nitrogens with zero attached hydrogens (tertiary/aromatic N) is 1. The first-order valence-corrected chi connectivity index (χ1v) is 11.4. The summed E-state index contributed by atoms with van der Waals surface area (Å²) < 4.78 is 0. The van der Waals surface area contributed by atoms with Crippen molar-refractivity contribution in [2.45, 2.75) is 38.3 Å². The Hall–Kier alpha value is -2.91. The molecule has 1 aliphatic heterocycles. The van der Waals surface area contributed by atoms with Gasteiger partial charge in [0.05, 0.1) is 6.04 Å². The van der Waals surface area contributed by atoms with E-state index in [-0.39, 0.29) is 11.9 Å². The van der Waals surface area contributed by atoms with Crippen LogP contribution in [0.1, 0.15) is 29.5 Å². The summed E-state index contributed by atoms with van der Waals surface area (Å²) in [5.41, 5.74) is 3.80. The molecule has 1 unspecified atom stereocenters. The molecule has 0 aromatic heterocycles. The first kappa shape index (κ1) is 21.3. The number of hydrogen-bond donors (Lipinski definition) is 1. The fraction of sp³-hybridized carbons (Fsp3) is 0.321. The van der Waals surface area contributed by atoms with Gasteiger partial charge >= 0.3 is 0 Å². The second kappa shape index (κ2) is 10.9. The van der Waals surface area contributed by atoms with Crippen molar-refractivity contribution < 1.29 is 4.79 Å². The van der Waals surface area contributed by atoms with E-state index in [1.807, 2.05) is 36.4 Å². The van der Waals surface area contributed by atoms with Crippen molar-refractivity contribution in [3.63, 3.8) is 0 Å². The van der Waals surface area contributed by atoms with Gasteiger partial charge < -0.3 is 10.2 Å². The van der Waals surface area contributed by atoms with Crippen LogP contribution < -0.4 is 5.32 Å². The zero-order valence-electron chi connectivity index (χ0n) is 18.1. The van der Waals surface area contributed by atoms with Crippen LogP contribution in [0.5, 0.6) is 0 Å². The van der Waals surface area contributed by atoms with Crippen molar-refractivity contribution in [3.8, 4) is 0 Å². The standard InChI is InChI=1S/C28H32N2O/c31-28(30-18-16-25(17-19-30)20-23-10-4-1-5-11-23)27(21-24-12-6-2-7-13-24)29-22-26-14-8-3-9-15-26/h1-15,25,27,29H,16-22H2. The molecule has 1 aliphatic rings. The van der Waals surface area contributed by atoms with E-state index in [9.17, 15) is 4.79 Å². The highest BCUT2D eigenvalue weighted by molar-refractivity contribution is 5.82. The highest BCUT2D eigenvalue weighted by atomic mass is 16.2. The van der Waals surface area contributed by atoms with Gasteiger partial charge in [-0.1, -0.05) is 91.0 Å². The lowest BCUT2D eigenvalue weighted by Gasteiger charge is -2.34. The van der Waals surface area contributed by atoms with E-state index in [1.165, 1.54) is 16.7 Å². The summed E-state index contributed by atoms with van der Waals surface area (Å²) in [5.74, 6) is 0.897. The number of benzene rings is 3. The predicted molar refractivity (Wildman–Crippen MR) is 127 cm³/mol.